The highest BCUT2D eigenvalue weighted by Gasteiger charge is 2.81. The van der Waals surface area contributed by atoms with E-state index in [-0.39, 0.29) is 40.3 Å². The summed E-state index contributed by atoms with van der Waals surface area (Å²) in [6.45, 7) is 11.7. The highest BCUT2D eigenvalue weighted by atomic mass is 16.6. The average Bonchev–Trinajstić information content (AvgIpc) is 2.89. The first-order valence-electron chi connectivity index (χ1n) is 11.9. The Morgan fingerprint density at radius 1 is 1.09 bits per heavy atom. The summed E-state index contributed by atoms with van der Waals surface area (Å²) < 4.78 is 13.5. The molecule has 6 heteroatoms. The molecule has 2 fully saturated rings. The van der Waals surface area contributed by atoms with Crippen molar-refractivity contribution in [3.63, 3.8) is 0 Å². The second-order valence-electron chi connectivity index (χ2n) is 11.1. The lowest BCUT2D eigenvalue weighted by atomic mass is 9.51. The van der Waals surface area contributed by atoms with E-state index in [1.807, 2.05) is 53.7 Å². The van der Waals surface area contributed by atoms with Crippen LogP contribution in [0.4, 0.5) is 0 Å². The van der Waals surface area contributed by atoms with Gasteiger partial charge in [-0.1, -0.05) is 29.4 Å². The highest BCUT2D eigenvalue weighted by molar-refractivity contribution is 6.18. The van der Waals surface area contributed by atoms with E-state index in [1.54, 1.807) is 6.08 Å². The van der Waals surface area contributed by atoms with Gasteiger partial charge in [0.1, 0.15) is 22.8 Å². The molecule has 1 aromatic rings. The number of aromatic hydroxyl groups is 2. The lowest BCUT2D eigenvalue weighted by Gasteiger charge is -2.56. The van der Waals surface area contributed by atoms with Gasteiger partial charge in [-0.15, -0.1) is 0 Å². The van der Waals surface area contributed by atoms with E-state index < -0.39 is 22.7 Å². The third-order valence-electron chi connectivity index (χ3n) is 7.95. The lowest BCUT2D eigenvalue weighted by molar-refractivity contribution is -0.171. The van der Waals surface area contributed by atoms with Gasteiger partial charge in [0.05, 0.1) is 5.60 Å². The molecule has 2 N–H and O–H groups in total. The predicted molar refractivity (Wildman–Crippen MR) is 127 cm³/mol. The molecular formula is C28H32O6. The predicted octanol–water partition coefficient (Wildman–Crippen LogP) is 4.97. The lowest BCUT2D eigenvalue weighted by Crippen LogP contribution is -2.72. The topological polar surface area (TPSA) is 93.1 Å². The van der Waals surface area contributed by atoms with Crippen molar-refractivity contribution < 1.29 is 29.3 Å². The van der Waals surface area contributed by atoms with Crippen molar-refractivity contribution >= 4 is 11.6 Å². The number of carbonyl (C=O) groups is 2. The van der Waals surface area contributed by atoms with Gasteiger partial charge in [0.15, 0.2) is 22.8 Å². The summed E-state index contributed by atoms with van der Waals surface area (Å²) in [6, 6.07) is 1.20. The summed E-state index contributed by atoms with van der Waals surface area (Å²) in [4.78, 5) is 27.9. The molecule has 0 aromatic heterocycles. The fourth-order valence-electron chi connectivity index (χ4n) is 6.48. The minimum atomic E-state index is -1.35. The van der Waals surface area contributed by atoms with Crippen LogP contribution in [0.3, 0.4) is 0 Å². The summed E-state index contributed by atoms with van der Waals surface area (Å²) in [6.07, 6.45) is 6.78. The molecule has 4 atom stereocenters. The zero-order valence-corrected chi connectivity index (χ0v) is 20.6. The summed E-state index contributed by atoms with van der Waals surface area (Å²) in [7, 11) is 0. The van der Waals surface area contributed by atoms with Crippen LogP contribution in [0.25, 0.3) is 0 Å². The Hall–Kier alpha value is -2.86. The van der Waals surface area contributed by atoms with Crippen molar-refractivity contribution in [2.75, 3.05) is 0 Å². The van der Waals surface area contributed by atoms with E-state index in [0.29, 0.717) is 30.4 Å². The van der Waals surface area contributed by atoms with Gasteiger partial charge >= 0.3 is 0 Å². The first kappa shape index (κ1) is 22.9. The maximum absolute atomic E-state index is 14.0. The molecule has 34 heavy (non-hydrogen) atoms. The monoisotopic (exact) mass is 464 g/mol. The summed E-state index contributed by atoms with van der Waals surface area (Å²) >= 11 is 0. The molecule has 4 bridgehead atoms. The van der Waals surface area contributed by atoms with Crippen LogP contribution in [0.2, 0.25) is 0 Å². The molecule has 0 unspecified atom stereocenters. The summed E-state index contributed by atoms with van der Waals surface area (Å²) in [5.41, 5.74) is -0.450. The van der Waals surface area contributed by atoms with Crippen LogP contribution in [0.1, 0.15) is 70.3 Å². The van der Waals surface area contributed by atoms with E-state index in [2.05, 4.69) is 0 Å². The molecule has 1 saturated heterocycles. The fraction of sp³-hybridized carbons (Fsp3) is 0.500. The second kappa shape index (κ2) is 7.08. The molecule has 1 spiro atoms. The summed E-state index contributed by atoms with van der Waals surface area (Å²) in [5, 5.41) is 21.4. The molecular weight excluding hydrogens is 432 g/mol. The smallest absolute Gasteiger partial charge is 0.200 e. The van der Waals surface area contributed by atoms with E-state index >= 15 is 0 Å². The van der Waals surface area contributed by atoms with Crippen molar-refractivity contribution in [3.05, 3.63) is 52.1 Å². The number of ketones is 2. The zero-order chi connectivity index (χ0) is 24.8. The highest BCUT2D eigenvalue weighted by Crippen LogP contribution is 2.68. The molecule has 0 amide bonds. The van der Waals surface area contributed by atoms with Gasteiger partial charge in [-0.3, -0.25) is 9.59 Å². The van der Waals surface area contributed by atoms with E-state index in [0.717, 1.165) is 11.1 Å². The molecule has 2 aliphatic heterocycles. The van der Waals surface area contributed by atoms with Crippen molar-refractivity contribution in [2.24, 2.45) is 11.8 Å². The molecule has 6 nitrogen and oxygen atoms in total. The molecule has 5 aliphatic rings. The molecule has 180 valence electrons. The Bertz CT molecular complexity index is 1220. The average molecular weight is 465 g/mol. The number of hydrogen-bond acceptors (Lipinski definition) is 6. The van der Waals surface area contributed by atoms with Crippen LogP contribution >= 0.6 is 0 Å². The van der Waals surface area contributed by atoms with Crippen LogP contribution in [-0.4, -0.2) is 38.6 Å². The third kappa shape index (κ3) is 2.72. The number of carbonyl (C=O) groups excluding carboxylic acids is 2. The first-order valence-corrected chi connectivity index (χ1v) is 11.9. The van der Waals surface area contributed by atoms with Gasteiger partial charge in [-0.05, 0) is 54.4 Å². The largest absolute Gasteiger partial charge is 0.507 e. The SMILES string of the molecule is CC(C)=CCc1c(O)cc(O)c2c1O[C@@]13C(=C[C@H]4C[C@@H]1C(C)(C)O[C@]3(CC=C(C)C)C4=O)C2=O. The fourth-order valence-corrected chi connectivity index (χ4v) is 6.48. The number of Topliss-reactive ketones (excluding diaryl/α,β-unsaturated/α-hetero) is 2. The molecule has 1 saturated carbocycles. The van der Waals surface area contributed by atoms with Crippen molar-refractivity contribution in [3.8, 4) is 17.2 Å². The van der Waals surface area contributed by atoms with Gasteiger partial charge in [-0.25, -0.2) is 0 Å². The Balaban J connectivity index is 1.81. The van der Waals surface area contributed by atoms with Gasteiger partial charge in [0, 0.05) is 35.5 Å². The van der Waals surface area contributed by atoms with Crippen molar-refractivity contribution in [2.45, 2.75) is 77.6 Å². The standard InChI is InChI=1S/C28H32O6/c1-14(2)7-8-17-19(29)13-20(30)22-23(31)18-11-16-12-21-26(5,6)34-27(25(16)32,10-9-15(3)4)28(18,21)33-24(17)22/h7,9,11,13,16,21,29-30H,8,10,12H2,1-6H3/t16-,21+,27+,28-/m0/s1. The Morgan fingerprint density at radius 2 is 1.76 bits per heavy atom. The quantitative estimate of drug-likeness (QED) is 0.611. The molecule has 1 aromatic carbocycles. The zero-order valence-electron chi connectivity index (χ0n) is 20.6. The van der Waals surface area contributed by atoms with E-state index in [9.17, 15) is 19.8 Å². The first-order chi connectivity index (χ1) is 15.9. The normalized spacial score (nSPS) is 31.9. The molecule has 0 radical (unpaired) electrons. The number of phenols is 2. The second-order valence-corrected chi connectivity index (χ2v) is 11.1. The molecule has 2 heterocycles. The van der Waals surface area contributed by atoms with Gasteiger partial charge < -0.3 is 19.7 Å². The van der Waals surface area contributed by atoms with Crippen molar-refractivity contribution in [1.29, 1.82) is 0 Å². The number of hydrogen-bond donors (Lipinski definition) is 2. The minimum Gasteiger partial charge on any atom is -0.507 e. The van der Waals surface area contributed by atoms with Gasteiger partial charge in [0.25, 0.3) is 0 Å². The van der Waals surface area contributed by atoms with Crippen LogP contribution in [-0.2, 0) is 16.0 Å². The molecule has 3 aliphatic carbocycles. The maximum atomic E-state index is 14.0. The number of phenolic OH excluding ortho intramolecular Hbond substituents is 2. The minimum absolute atomic E-state index is 0.0430. The number of ether oxygens (including phenoxy) is 2. The maximum Gasteiger partial charge on any atom is 0.200 e. The van der Waals surface area contributed by atoms with Crippen LogP contribution in [0.5, 0.6) is 17.2 Å². The van der Waals surface area contributed by atoms with E-state index in [1.165, 1.54) is 6.07 Å². The number of benzene rings is 1. The van der Waals surface area contributed by atoms with E-state index in [4.69, 9.17) is 9.47 Å². The third-order valence-corrected chi connectivity index (χ3v) is 7.95. The Labute approximate surface area is 200 Å². The van der Waals surface area contributed by atoms with Crippen molar-refractivity contribution in [1.82, 2.24) is 0 Å². The van der Waals surface area contributed by atoms with Gasteiger partial charge in [0.2, 0.25) is 0 Å². The van der Waals surface area contributed by atoms with Crippen LogP contribution in [0, 0.1) is 11.8 Å². The number of allylic oxidation sites excluding steroid dienone is 4. The Kier molecular flexibility index (Phi) is 4.77. The van der Waals surface area contributed by atoms with Crippen LogP contribution < -0.4 is 4.74 Å². The number of rotatable bonds is 4. The number of fused-ring (bicyclic) bond motifs is 1. The van der Waals surface area contributed by atoms with Crippen LogP contribution in [0.15, 0.2) is 41.0 Å². The van der Waals surface area contributed by atoms with Gasteiger partial charge in [-0.2, -0.15) is 0 Å². The Morgan fingerprint density at radius 3 is 2.41 bits per heavy atom. The summed E-state index contributed by atoms with van der Waals surface area (Å²) in [5.74, 6) is -1.43. The molecule has 6 rings (SSSR count).